The number of hydrogen-bond donors (Lipinski definition) is 0. The van der Waals surface area contributed by atoms with Gasteiger partial charge in [0, 0.05) is 28.6 Å². The molecule has 2 rings (SSSR count). The summed E-state index contributed by atoms with van der Waals surface area (Å²) in [4.78, 5) is 21.5. The summed E-state index contributed by atoms with van der Waals surface area (Å²) < 4.78 is 0. The number of hydrogen-bond acceptors (Lipinski definition) is 3. The molecule has 1 aromatic rings. The van der Waals surface area contributed by atoms with Crippen LogP contribution < -0.4 is 12.4 Å². The van der Waals surface area contributed by atoms with Gasteiger partial charge in [-0.25, -0.2) is 0 Å². The van der Waals surface area contributed by atoms with Crippen LogP contribution in [0.5, 0.6) is 0 Å². The highest BCUT2D eigenvalue weighted by molar-refractivity contribution is 6.31. The van der Waals surface area contributed by atoms with E-state index in [1.54, 1.807) is 0 Å². The molecule has 0 bridgehead atoms. The van der Waals surface area contributed by atoms with Gasteiger partial charge in [0.2, 0.25) is 0 Å². The predicted molar refractivity (Wildman–Crippen MR) is 50.8 cm³/mol. The maximum Gasteiger partial charge on any atom is 0.274 e. The van der Waals surface area contributed by atoms with E-state index < -0.39 is 4.92 Å². The summed E-state index contributed by atoms with van der Waals surface area (Å²) in [7, 11) is 0. The summed E-state index contributed by atoms with van der Waals surface area (Å²) >= 11 is 5.68. The zero-order chi connectivity index (χ0) is 10.3. The molecule has 0 aliphatic heterocycles. The van der Waals surface area contributed by atoms with Gasteiger partial charge in [-0.2, -0.15) is 0 Å². The molecule has 80 valence electrons. The first-order valence-corrected chi connectivity index (χ1v) is 4.47. The number of carbonyl (C=O) groups excluding carboxylic acids is 1. The number of nitrogens with zero attached hydrogens (tertiary/aromatic N) is 1. The van der Waals surface area contributed by atoms with Crippen LogP contribution in [-0.4, -0.2) is 10.7 Å². The van der Waals surface area contributed by atoms with Crippen LogP contribution in [0.15, 0.2) is 12.1 Å². The maximum absolute atomic E-state index is 11.3. The Morgan fingerprint density at radius 1 is 1.33 bits per heavy atom. The molecule has 0 fully saturated rings. The Morgan fingerprint density at radius 3 is 2.60 bits per heavy atom. The predicted octanol–water partition coefficient (Wildman–Crippen LogP) is -0.619. The molecule has 1 aromatic carbocycles. The van der Waals surface area contributed by atoms with Gasteiger partial charge in [0.05, 0.1) is 4.92 Å². The van der Waals surface area contributed by atoms with Gasteiger partial charge in [0.15, 0.2) is 5.78 Å². The van der Waals surface area contributed by atoms with Crippen molar-refractivity contribution in [3.05, 3.63) is 38.4 Å². The molecule has 0 atom stereocenters. The molecule has 0 amide bonds. The molecule has 0 N–H and O–H groups in total. The van der Waals surface area contributed by atoms with Crippen LogP contribution in [-0.2, 0) is 6.42 Å². The zero-order valence-electron chi connectivity index (χ0n) is 7.50. The summed E-state index contributed by atoms with van der Waals surface area (Å²) in [6, 6.07) is 2.79. The van der Waals surface area contributed by atoms with Gasteiger partial charge in [0.1, 0.15) is 0 Å². The Hall–Kier alpha value is -1.13. The van der Waals surface area contributed by atoms with E-state index >= 15 is 0 Å². The quantitative estimate of drug-likeness (QED) is 0.491. The van der Waals surface area contributed by atoms with Gasteiger partial charge < -0.3 is 12.4 Å². The zero-order valence-corrected chi connectivity index (χ0v) is 9.01. The van der Waals surface area contributed by atoms with E-state index in [9.17, 15) is 14.9 Å². The minimum atomic E-state index is -0.497. The second kappa shape index (κ2) is 4.16. The van der Waals surface area contributed by atoms with E-state index in [1.807, 2.05) is 0 Å². The van der Waals surface area contributed by atoms with Crippen molar-refractivity contribution in [2.45, 2.75) is 12.8 Å². The van der Waals surface area contributed by atoms with E-state index in [0.29, 0.717) is 24.0 Å². The first-order valence-electron chi connectivity index (χ1n) is 4.09. The first kappa shape index (κ1) is 11.9. The number of ketones is 1. The van der Waals surface area contributed by atoms with Crippen LogP contribution in [0.4, 0.5) is 5.69 Å². The van der Waals surface area contributed by atoms with E-state index in [-0.39, 0.29) is 28.9 Å². The highest BCUT2D eigenvalue weighted by atomic mass is 35.5. The van der Waals surface area contributed by atoms with Gasteiger partial charge in [-0.3, -0.25) is 14.9 Å². The molecule has 0 saturated heterocycles. The largest absolute Gasteiger partial charge is 1.00 e. The number of Topliss-reactive ketones (excluding diaryl/α,β-unsaturated/α-hetero) is 1. The van der Waals surface area contributed by atoms with Gasteiger partial charge in [0.25, 0.3) is 5.69 Å². The second-order valence-electron chi connectivity index (χ2n) is 3.13. The number of rotatable bonds is 1. The van der Waals surface area contributed by atoms with Crippen LogP contribution in [0.1, 0.15) is 22.3 Å². The SMILES string of the molecule is O=C1CCc2c1cc(Cl)cc2[N+](=O)[O-].[Cl-]. The normalized spacial score (nSPS) is 13.3. The fraction of sp³-hybridized carbons (Fsp3) is 0.222. The fourth-order valence-electron chi connectivity index (χ4n) is 1.67. The average molecular weight is 247 g/mol. The second-order valence-corrected chi connectivity index (χ2v) is 3.57. The molecular weight excluding hydrogens is 241 g/mol. The van der Waals surface area contributed by atoms with Crippen molar-refractivity contribution in [3.63, 3.8) is 0 Å². The lowest BCUT2D eigenvalue weighted by molar-refractivity contribution is -0.385. The third kappa shape index (κ3) is 1.96. The highest BCUT2D eigenvalue weighted by Gasteiger charge is 2.28. The van der Waals surface area contributed by atoms with Crippen LogP contribution in [0.2, 0.25) is 5.02 Å². The van der Waals surface area contributed by atoms with Crippen molar-refractivity contribution in [2.24, 2.45) is 0 Å². The van der Waals surface area contributed by atoms with Gasteiger partial charge >= 0.3 is 0 Å². The smallest absolute Gasteiger partial charge is 0.274 e. The Bertz CT molecular complexity index is 445. The fourth-order valence-corrected chi connectivity index (χ4v) is 1.88. The third-order valence-corrected chi connectivity index (χ3v) is 2.51. The van der Waals surface area contributed by atoms with Crippen LogP contribution in [0.25, 0.3) is 0 Å². The molecule has 0 unspecified atom stereocenters. The Labute approximate surface area is 96.8 Å². The lowest BCUT2D eigenvalue weighted by Gasteiger charge is -2.00. The minimum Gasteiger partial charge on any atom is -1.00 e. The summed E-state index contributed by atoms with van der Waals surface area (Å²) in [5.41, 5.74) is 0.881. The van der Waals surface area contributed by atoms with Crippen molar-refractivity contribution in [3.8, 4) is 0 Å². The summed E-state index contributed by atoms with van der Waals surface area (Å²) in [5, 5.41) is 10.9. The standard InChI is InChI=1S/C9H6ClNO3.ClH/c10-5-3-7-6(1-2-9(7)12)8(4-5)11(13)14;/h3-4H,1-2H2;1H/p-1. The Balaban J connectivity index is 0.00000112. The number of halogens is 2. The van der Waals surface area contributed by atoms with Gasteiger partial charge in [-0.15, -0.1) is 0 Å². The molecule has 15 heavy (non-hydrogen) atoms. The molecule has 0 spiro atoms. The molecule has 0 radical (unpaired) electrons. The molecule has 1 aliphatic rings. The lowest BCUT2D eigenvalue weighted by Crippen LogP contribution is -3.00. The van der Waals surface area contributed by atoms with Crippen LogP contribution >= 0.6 is 11.6 Å². The number of nitro groups is 1. The van der Waals surface area contributed by atoms with Gasteiger partial charge in [-0.1, -0.05) is 11.6 Å². The monoisotopic (exact) mass is 246 g/mol. The van der Waals surface area contributed by atoms with Crippen molar-refractivity contribution >= 4 is 23.1 Å². The van der Waals surface area contributed by atoms with E-state index in [0.717, 1.165) is 0 Å². The number of carbonyl (C=O) groups is 1. The summed E-state index contributed by atoms with van der Waals surface area (Å²) in [6.07, 6.45) is 0.790. The minimum absolute atomic E-state index is 0. The third-order valence-electron chi connectivity index (χ3n) is 2.29. The van der Waals surface area contributed by atoms with E-state index in [2.05, 4.69) is 0 Å². The highest BCUT2D eigenvalue weighted by Crippen LogP contribution is 2.33. The van der Waals surface area contributed by atoms with Crippen LogP contribution in [0.3, 0.4) is 0 Å². The molecule has 1 aliphatic carbocycles. The van der Waals surface area contributed by atoms with E-state index in [4.69, 9.17) is 11.6 Å². The number of benzene rings is 1. The van der Waals surface area contributed by atoms with Crippen molar-refractivity contribution in [2.75, 3.05) is 0 Å². The van der Waals surface area contributed by atoms with Gasteiger partial charge in [-0.05, 0) is 12.5 Å². The maximum atomic E-state index is 11.3. The molecule has 0 heterocycles. The van der Waals surface area contributed by atoms with Crippen LogP contribution in [0, 0.1) is 10.1 Å². The first-order chi connectivity index (χ1) is 6.59. The Kier molecular flexibility index (Phi) is 3.31. The average Bonchev–Trinajstić information content (AvgIpc) is 2.47. The molecule has 0 aromatic heterocycles. The van der Waals surface area contributed by atoms with Crippen molar-refractivity contribution in [1.82, 2.24) is 0 Å². The summed E-state index contributed by atoms with van der Waals surface area (Å²) in [6.45, 7) is 0. The number of fused-ring (bicyclic) bond motifs is 1. The molecule has 6 heteroatoms. The van der Waals surface area contributed by atoms with Crippen molar-refractivity contribution < 1.29 is 22.1 Å². The summed E-state index contributed by atoms with van der Waals surface area (Å²) in [5.74, 6) is -0.0643. The lowest BCUT2D eigenvalue weighted by atomic mass is 10.1. The Morgan fingerprint density at radius 2 is 2.00 bits per heavy atom. The number of nitro benzene ring substituents is 1. The van der Waals surface area contributed by atoms with Crippen molar-refractivity contribution in [1.29, 1.82) is 0 Å². The van der Waals surface area contributed by atoms with E-state index in [1.165, 1.54) is 12.1 Å². The molecule has 4 nitrogen and oxygen atoms in total. The topological polar surface area (TPSA) is 60.2 Å². The molecule has 0 saturated carbocycles. The molecular formula is C9H6Cl2NO3-.